The lowest BCUT2D eigenvalue weighted by atomic mass is 9.91. The van der Waals surface area contributed by atoms with E-state index in [1.807, 2.05) is 0 Å². The highest BCUT2D eigenvalue weighted by molar-refractivity contribution is 5.69. The van der Waals surface area contributed by atoms with E-state index >= 15 is 0 Å². The second-order valence-corrected chi connectivity index (χ2v) is 12.0. The smallest absolute Gasteiger partial charge is 0.305 e. The first-order chi connectivity index (χ1) is 18.2. The van der Waals surface area contributed by atoms with Crippen LogP contribution in [-0.4, -0.2) is 12.6 Å². The zero-order valence-electron chi connectivity index (χ0n) is 26.1. The topological polar surface area (TPSA) is 26.3 Å². The molecule has 0 N–H and O–H groups in total. The summed E-state index contributed by atoms with van der Waals surface area (Å²) in [6.45, 7) is 7.41. The summed E-state index contributed by atoms with van der Waals surface area (Å²) in [6, 6.07) is 0. The third kappa shape index (κ3) is 29.9. The molecule has 0 aliphatic heterocycles. The molecule has 0 aliphatic carbocycles. The van der Waals surface area contributed by atoms with Gasteiger partial charge in [-0.05, 0) is 18.8 Å². The maximum atomic E-state index is 12.0. The summed E-state index contributed by atoms with van der Waals surface area (Å²) >= 11 is 0. The van der Waals surface area contributed by atoms with Crippen molar-refractivity contribution in [2.75, 3.05) is 6.61 Å². The minimum atomic E-state index is 0.0245. The minimum Gasteiger partial charge on any atom is -0.466 e. The fourth-order valence-electron chi connectivity index (χ4n) is 5.56. The van der Waals surface area contributed by atoms with Crippen molar-refractivity contribution in [2.24, 2.45) is 5.92 Å². The number of rotatable bonds is 31. The van der Waals surface area contributed by atoms with Crippen LogP contribution in [0.15, 0.2) is 0 Å². The molecule has 2 nitrogen and oxygen atoms in total. The Balaban J connectivity index is 3.93. The van der Waals surface area contributed by atoms with Gasteiger partial charge in [0.1, 0.15) is 0 Å². The van der Waals surface area contributed by atoms with Crippen molar-refractivity contribution in [1.29, 1.82) is 0 Å². The lowest BCUT2D eigenvalue weighted by Gasteiger charge is -2.17. The van der Waals surface area contributed by atoms with Crippen LogP contribution in [0.2, 0.25) is 0 Å². The summed E-state index contributed by atoms with van der Waals surface area (Å²) < 4.78 is 5.59. The largest absolute Gasteiger partial charge is 0.466 e. The molecule has 1 unspecified atom stereocenters. The number of carbonyl (C=O) groups excluding carboxylic acids is 1. The van der Waals surface area contributed by atoms with Gasteiger partial charge in [0.15, 0.2) is 0 Å². The van der Waals surface area contributed by atoms with Crippen molar-refractivity contribution in [3.8, 4) is 0 Å². The van der Waals surface area contributed by atoms with Crippen LogP contribution in [0, 0.1) is 5.92 Å². The van der Waals surface area contributed by atoms with E-state index in [2.05, 4.69) is 20.8 Å². The molecule has 0 saturated carbocycles. The van der Waals surface area contributed by atoms with E-state index in [-0.39, 0.29) is 5.97 Å². The maximum absolute atomic E-state index is 12.0. The average molecular weight is 523 g/mol. The highest BCUT2D eigenvalue weighted by atomic mass is 16.5. The first kappa shape index (κ1) is 36.5. The van der Waals surface area contributed by atoms with E-state index < -0.39 is 0 Å². The quantitative estimate of drug-likeness (QED) is 0.0668. The van der Waals surface area contributed by atoms with Gasteiger partial charge in [0.2, 0.25) is 0 Å². The molecule has 0 amide bonds. The van der Waals surface area contributed by atoms with Crippen LogP contribution in [-0.2, 0) is 9.53 Å². The molecule has 0 aromatic rings. The molecule has 2 heteroatoms. The molecule has 222 valence electrons. The lowest BCUT2D eigenvalue weighted by Crippen LogP contribution is -2.10. The van der Waals surface area contributed by atoms with E-state index in [4.69, 9.17) is 4.74 Å². The van der Waals surface area contributed by atoms with E-state index in [1.165, 1.54) is 154 Å². The SMILES string of the molecule is CCCCCCCCCCCCCCC(CCCCCCCCCCCC)CCOC(=O)CCCCC. The summed E-state index contributed by atoms with van der Waals surface area (Å²) in [4.78, 5) is 12.0. The molecule has 0 heterocycles. The molecule has 1 atom stereocenters. The summed E-state index contributed by atoms with van der Waals surface area (Å²) in [7, 11) is 0. The van der Waals surface area contributed by atoms with Gasteiger partial charge in [-0.2, -0.15) is 0 Å². The zero-order valence-corrected chi connectivity index (χ0v) is 26.1. The van der Waals surface area contributed by atoms with Gasteiger partial charge in [-0.3, -0.25) is 4.79 Å². The maximum Gasteiger partial charge on any atom is 0.305 e. The second-order valence-electron chi connectivity index (χ2n) is 12.0. The van der Waals surface area contributed by atoms with Crippen LogP contribution in [0.25, 0.3) is 0 Å². The van der Waals surface area contributed by atoms with Crippen LogP contribution in [0.3, 0.4) is 0 Å². The molecule has 0 aliphatic rings. The van der Waals surface area contributed by atoms with Gasteiger partial charge in [0.05, 0.1) is 6.61 Å². The van der Waals surface area contributed by atoms with E-state index in [0.717, 1.165) is 31.6 Å². The van der Waals surface area contributed by atoms with E-state index in [9.17, 15) is 4.79 Å². The van der Waals surface area contributed by atoms with Crippen LogP contribution in [0.4, 0.5) is 0 Å². The Morgan fingerprint density at radius 1 is 0.432 bits per heavy atom. The molecule has 0 saturated heterocycles. The van der Waals surface area contributed by atoms with Crippen LogP contribution in [0.1, 0.15) is 207 Å². The van der Waals surface area contributed by atoms with Gasteiger partial charge < -0.3 is 4.74 Å². The Kier molecular flexibility index (Phi) is 31.2. The first-order valence-corrected chi connectivity index (χ1v) is 17.4. The highest BCUT2D eigenvalue weighted by Gasteiger charge is 2.11. The van der Waals surface area contributed by atoms with Crippen molar-refractivity contribution in [3.63, 3.8) is 0 Å². The van der Waals surface area contributed by atoms with Crippen LogP contribution in [0.5, 0.6) is 0 Å². The number of hydrogen-bond donors (Lipinski definition) is 0. The minimum absolute atomic E-state index is 0.0245. The van der Waals surface area contributed by atoms with Crippen LogP contribution < -0.4 is 0 Å². The average Bonchev–Trinajstić information content (AvgIpc) is 2.90. The molecule has 0 spiro atoms. The molecular weight excluding hydrogens is 452 g/mol. The first-order valence-electron chi connectivity index (χ1n) is 17.4. The van der Waals surface area contributed by atoms with Gasteiger partial charge in [-0.25, -0.2) is 0 Å². The zero-order chi connectivity index (χ0) is 27.1. The Bertz CT molecular complexity index is 433. The van der Waals surface area contributed by atoms with E-state index in [1.54, 1.807) is 0 Å². The normalized spacial score (nSPS) is 12.2. The van der Waals surface area contributed by atoms with Crippen molar-refractivity contribution in [3.05, 3.63) is 0 Å². The van der Waals surface area contributed by atoms with Gasteiger partial charge in [0, 0.05) is 6.42 Å². The standard InChI is InChI=1S/C35H70O2/c1-4-7-10-12-14-16-18-19-21-23-25-28-30-34(32-33-37-35(36)31-26-9-6-3)29-27-24-22-20-17-15-13-11-8-5-2/h34H,4-33H2,1-3H3. The molecule has 0 aromatic heterocycles. The molecule has 0 fully saturated rings. The fourth-order valence-corrected chi connectivity index (χ4v) is 5.56. The van der Waals surface area contributed by atoms with E-state index in [0.29, 0.717) is 13.0 Å². The molecular formula is C35H70O2. The van der Waals surface area contributed by atoms with Crippen LogP contribution >= 0.6 is 0 Å². The predicted molar refractivity (Wildman–Crippen MR) is 165 cm³/mol. The lowest BCUT2D eigenvalue weighted by molar-refractivity contribution is -0.144. The number of carbonyl (C=O) groups is 1. The summed E-state index contributed by atoms with van der Waals surface area (Å²) in [5, 5.41) is 0. The Morgan fingerprint density at radius 3 is 1.14 bits per heavy atom. The number of hydrogen-bond acceptors (Lipinski definition) is 2. The second kappa shape index (κ2) is 31.7. The molecule has 0 rings (SSSR count). The van der Waals surface area contributed by atoms with Gasteiger partial charge in [-0.15, -0.1) is 0 Å². The van der Waals surface area contributed by atoms with Gasteiger partial charge in [-0.1, -0.05) is 188 Å². The van der Waals surface area contributed by atoms with Gasteiger partial charge >= 0.3 is 5.97 Å². The molecule has 0 radical (unpaired) electrons. The third-order valence-corrected chi connectivity index (χ3v) is 8.21. The number of unbranched alkanes of at least 4 members (excludes halogenated alkanes) is 22. The molecule has 0 aromatic carbocycles. The number of ether oxygens (including phenoxy) is 1. The highest BCUT2D eigenvalue weighted by Crippen LogP contribution is 2.23. The summed E-state index contributed by atoms with van der Waals surface area (Å²) in [6.07, 6.45) is 38.7. The Labute approximate surface area is 234 Å². The monoisotopic (exact) mass is 523 g/mol. The summed E-state index contributed by atoms with van der Waals surface area (Å²) in [5.41, 5.74) is 0. The Hall–Kier alpha value is -0.530. The van der Waals surface area contributed by atoms with Gasteiger partial charge in [0.25, 0.3) is 0 Å². The molecule has 37 heavy (non-hydrogen) atoms. The van der Waals surface area contributed by atoms with Crippen molar-refractivity contribution in [2.45, 2.75) is 207 Å². The third-order valence-electron chi connectivity index (χ3n) is 8.21. The van der Waals surface area contributed by atoms with Crippen molar-refractivity contribution >= 4 is 5.97 Å². The van der Waals surface area contributed by atoms with Crippen molar-refractivity contribution < 1.29 is 9.53 Å². The van der Waals surface area contributed by atoms with Crippen molar-refractivity contribution in [1.82, 2.24) is 0 Å². The number of esters is 1. The predicted octanol–water partition coefficient (Wildman–Crippen LogP) is 12.5. The fraction of sp³-hybridized carbons (Fsp3) is 0.971. The summed E-state index contributed by atoms with van der Waals surface area (Å²) in [5.74, 6) is 0.775. The Morgan fingerprint density at radius 2 is 0.757 bits per heavy atom. The molecule has 0 bridgehead atoms.